The fourth-order valence-corrected chi connectivity index (χ4v) is 3.90. The van der Waals surface area contributed by atoms with Gasteiger partial charge >= 0.3 is 0 Å². The third-order valence-corrected chi connectivity index (χ3v) is 5.57. The summed E-state index contributed by atoms with van der Waals surface area (Å²) < 4.78 is 25.3. The smallest absolute Gasteiger partial charge is 0.194 e. The standard InChI is InChI=1S/C15H21N3O2S/c16-10-4-3-7-15(18)21(19,20)14-9-8-13(17)11-5-1-2-6-12(11)14/h1-2,5-6,8-9,15H,3-4,7,10,16-18H2. The van der Waals surface area contributed by atoms with Crippen LogP contribution >= 0.6 is 0 Å². The second-order valence-electron chi connectivity index (χ2n) is 5.07. The normalized spacial score (nSPS) is 13.4. The Morgan fingerprint density at radius 2 is 1.67 bits per heavy atom. The summed E-state index contributed by atoms with van der Waals surface area (Å²) in [7, 11) is -3.58. The number of hydrogen-bond donors (Lipinski definition) is 3. The summed E-state index contributed by atoms with van der Waals surface area (Å²) in [6.07, 6.45) is 1.87. The van der Waals surface area contributed by atoms with Crippen LogP contribution in [0.1, 0.15) is 19.3 Å². The van der Waals surface area contributed by atoms with Gasteiger partial charge in [0.15, 0.2) is 9.84 Å². The molecule has 2 aromatic carbocycles. The molecule has 0 aliphatic carbocycles. The van der Waals surface area contributed by atoms with Gasteiger partial charge in [-0.1, -0.05) is 24.3 Å². The van der Waals surface area contributed by atoms with Crippen LogP contribution in [0.5, 0.6) is 0 Å². The fourth-order valence-electron chi connectivity index (χ4n) is 2.35. The fraction of sp³-hybridized carbons (Fsp3) is 0.333. The molecular weight excluding hydrogens is 286 g/mol. The molecule has 0 aromatic heterocycles. The molecule has 0 saturated heterocycles. The molecule has 0 spiro atoms. The highest BCUT2D eigenvalue weighted by Gasteiger charge is 2.25. The lowest BCUT2D eigenvalue weighted by Gasteiger charge is -2.15. The predicted molar refractivity (Wildman–Crippen MR) is 86.4 cm³/mol. The third-order valence-electron chi connectivity index (χ3n) is 3.57. The number of fused-ring (bicyclic) bond motifs is 1. The van der Waals surface area contributed by atoms with Gasteiger partial charge in [0.1, 0.15) is 5.37 Å². The number of anilines is 1. The van der Waals surface area contributed by atoms with E-state index < -0.39 is 15.2 Å². The van der Waals surface area contributed by atoms with Gasteiger partial charge in [0.25, 0.3) is 0 Å². The van der Waals surface area contributed by atoms with E-state index in [1.165, 1.54) is 6.07 Å². The van der Waals surface area contributed by atoms with Gasteiger partial charge in [0, 0.05) is 16.5 Å². The number of nitrogens with two attached hydrogens (primary N) is 3. The van der Waals surface area contributed by atoms with Crippen molar-refractivity contribution in [2.75, 3.05) is 12.3 Å². The molecule has 0 amide bonds. The van der Waals surface area contributed by atoms with Crippen LogP contribution in [-0.2, 0) is 9.84 Å². The van der Waals surface area contributed by atoms with E-state index in [1.54, 1.807) is 18.2 Å². The van der Waals surface area contributed by atoms with Gasteiger partial charge in [0.2, 0.25) is 0 Å². The summed E-state index contributed by atoms with van der Waals surface area (Å²) >= 11 is 0. The van der Waals surface area contributed by atoms with Crippen LogP contribution in [0, 0.1) is 0 Å². The molecular formula is C15H21N3O2S. The first-order valence-electron chi connectivity index (χ1n) is 6.95. The van der Waals surface area contributed by atoms with Gasteiger partial charge in [-0.2, -0.15) is 0 Å². The number of unbranched alkanes of at least 4 members (excludes halogenated alkanes) is 1. The van der Waals surface area contributed by atoms with Crippen LogP contribution in [0.15, 0.2) is 41.3 Å². The Hall–Kier alpha value is -1.63. The van der Waals surface area contributed by atoms with Crippen LogP contribution in [0.3, 0.4) is 0 Å². The molecule has 5 nitrogen and oxygen atoms in total. The minimum absolute atomic E-state index is 0.243. The van der Waals surface area contributed by atoms with E-state index in [4.69, 9.17) is 17.2 Å². The van der Waals surface area contributed by atoms with Crippen molar-refractivity contribution in [2.24, 2.45) is 11.5 Å². The topological polar surface area (TPSA) is 112 Å². The minimum atomic E-state index is -3.58. The van der Waals surface area contributed by atoms with Crippen LogP contribution in [0.4, 0.5) is 5.69 Å². The van der Waals surface area contributed by atoms with Gasteiger partial charge in [0.05, 0.1) is 4.90 Å². The van der Waals surface area contributed by atoms with Crippen molar-refractivity contribution >= 4 is 26.3 Å². The Labute approximate surface area is 125 Å². The first kappa shape index (κ1) is 15.8. The van der Waals surface area contributed by atoms with E-state index in [2.05, 4.69) is 0 Å². The molecule has 2 rings (SSSR count). The van der Waals surface area contributed by atoms with Crippen molar-refractivity contribution < 1.29 is 8.42 Å². The zero-order chi connectivity index (χ0) is 15.5. The first-order valence-corrected chi connectivity index (χ1v) is 8.50. The van der Waals surface area contributed by atoms with Crippen molar-refractivity contribution in [2.45, 2.75) is 29.5 Å². The van der Waals surface area contributed by atoms with E-state index in [0.29, 0.717) is 30.5 Å². The van der Waals surface area contributed by atoms with E-state index in [-0.39, 0.29) is 4.90 Å². The van der Waals surface area contributed by atoms with E-state index in [1.807, 2.05) is 12.1 Å². The van der Waals surface area contributed by atoms with Crippen LogP contribution in [-0.4, -0.2) is 20.3 Å². The van der Waals surface area contributed by atoms with Crippen molar-refractivity contribution in [3.05, 3.63) is 36.4 Å². The van der Waals surface area contributed by atoms with E-state index >= 15 is 0 Å². The molecule has 0 radical (unpaired) electrons. The van der Waals surface area contributed by atoms with Crippen LogP contribution in [0.25, 0.3) is 10.8 Å². The Bertz CT molecular complexity index is 729. The second kappa shape index (κ2) is 6.43. The largest absolute Gasteiger partial charge is 0.398 e. The molecule has 114 valence electrons. The SMILES string of the molecule is NCCCCC(N)S(=O)(=O)c1ccc(N)c2ccccc12. The van der Waals surface area contributed by atoms with Gasteiger partial charge in [-0.3, -0.25) is 0 Å². The first-order chi connectivity index (χ1) is 9.98. The molecule has 0 heterocycles. The lowest BCUT2D eigenvalue weighted by Crippen LogP contribution is -2.31. The van der Waals surface area contributed by atoms with E-state index in [0.717, 1.165) is 11.8 Å². The lowest BCUT2D eigenvalue weighted by atomic mass is 10.1. The molecule has 1 atom stereocenters. The van der Waals surface area contributed by atoms with Crippen LogP contribution in [0.2, 0.25) is 0 Å². The summed E-state index contributed by atoms with van der Waals surface area (Å²) in [5.41, 5.74) is 17.8. The highest BCUT2D eigenvalue weighted by molar-refractivity contribution is 7.92. The van der Waals surface area contributed by atoms with Crippen molar-refractivity contribution in [1.82, 2.24) is 0 Å². The quantitative estimate of drug-likeness (QED) is 0.554. The highest BCUT2D eigenvalue weighted by Crippen LogP contribution is 2.29. The highest BCUT2D eigenvalue weighted by atomic mass is 32.2. The number of sulfone groups is 1. The van der Waals surface area contributed by atoms with Gasteiger partial charge in [-0.05, 0) is 37.9 Å². The average molecular weight is 307 g/mol. The summed E-state index contributed by atoms with van der Waals surface area (Å²) in [6, 6.07) is 10.3. The molecule has 6 N–H and O–H groups in total. The number of benzene rings is 2. The Kier molecular flexibility index (Phi) is 4.82. The zero-order valence-electron chi connectivity index (χ0n) is 11.8. The maximum Gasteiger partial charge on any atom is 0.194 e. The molecule has 21 heavy (non-hydrogen) atoms. The molecule has 1 unspecified atom stereocenters. The Morgan fingerprint density at radius 3 is 2.33 bits per heavy atom. The van der Waals surface area contributed by atoms with Crippen molar-refractivity contribution in [3.8, 4) is 0 Å². The van der Waals surface area contributed by atoms with Crippen LogP contribution < -0.4 is 17.2 Å². The van der Waals surface area contributed by atoms with E-state index in [9.17, 15) is 8.42 Å². The lowest BCUT2D eigenvalue weighted by molar-refractivity contribution is 0.565. The number of nitrogen functional groups attached to an aromatic ring is 1. The molecule has 6 heteroatoms. The summed E-state index contributed by atoms with van der Waals surface area (Å²) in [4.78, 5) is 0.243. The Balaban J connectivity index is 2.43. The van der Waals surface area contributed by atoms with Crippen molar-refractivity contribution in [1.29, 1.82) is 0 Å². The summed E-state index contributed by atoms with van der Waals surface area (Å²) in [5.74, 6) is 0. The van der Waals surface area contributed by atoms with Crippen molar-refractivity contribution in [3.63, 3.8) is 0 Å². The zero-order valence-corrected chi connectivity index (χ0v) is 12.6. The maximum atomic E-state index is 12.7. The monoisotopic (exact) mass is 307 g/mol. The molecule has 0 aliphatic heterocycles. The summed E-state index contributed by atoms with van der Waals surface area (Å²) in [6.45, 7) is 0.539. The number of rotatable bonds is 6. The minimum Gasteiger partial charge on any atom is -0.398 e. The molecule has 0 saturated carbocycles. The van der Waals surface area contributed by atoms with Gasteiger partial charge < -0.3 is 17.2 Å². The predicted octanol–water partition coefficient (Wildman–Crippen LogP) is 1.61. The molecule has 2 aromatic rings. The molecule has 0 fully saturated rings. The average Bonchev–Trinajstić information content (AvgIpc) is 2.47. The summed E-state index contributed by atoms with van der Waals surface area (Å²) in [5, 5.41) is 0.426. The van der Waals surface area contributed by atoms with Gasteiger partial charge in [-0.25, -0.2) is 8.42 Å². The Morgan fingerprint density at radius 1 is 1.00 bits per heavy atom. The maximum absolute atomic E-state index is 12.7. The molecule has 0 bridgehead atoms. The molecule has 0 aliphatic rings. The number of hydrogen-bond acceptors (Lipinski definition) is 5. The third kappa shape index (κ3) is 3.18. The van der Waals surface area contributed by atoms with Gasteiger partial charge in [-0.15, -0.1) is 0 Å². The second-order valence-corrected chi connectivity index (χ2v) is 7.20.